The molecule has 3 rings (SSSR count). The first kappa shape index (κ1) is 19.7. The zero-order chi connectivity index (χ0) is 20.0. The number of rotatable bonds is 4. The van der Waals surface area contributed by atoms with Gasteiger partial charge < -0.3 is 14.4 Å². The molecule has 2 aromatic carbocycles. The van der Waals surface area contributed by atoms with Gasteiger partial charge in [-0.3, -0.25) is 4.72 Å². The summed E-state index contributed by atoms with van der Waals surface area (Å²) in [6.07, 6.45) is 0. The number of phenols is 1. The lowest BCUT2D eigenvalue weighted by Crippen LogP contribution is -2.41. The van der Waals surface area contributed by atoms with Gasteiger partial charge in [-0.1, -0.05) is 12.1 Å². The molecule has 144 valence electrons. The van der Waals surface area contributed by atoms with Crippen molar-refractivity contribution in [1.82, 2.24) is 0 Å². The maximum Gasteiger partial charge on any atom is 0.494 e. The largest absolute Gasteiger partial charge is 0.508 e. The molecule has 0 bridgehead atoms. The fourth-order valence-corrected chi connectivity index (χ4v) is 3.87. The van der Waals surface area contributed by atoms with Gasteiger partial charge in [-0.2, -0.15) is 0 Å². The third-order valence-corrected chi connectivity index (χ3v) is 6.52. The smallest absolute Gasteiger partial charge is 0.494 e. The molecule has 1 aliphatic heterocycles. The predicted molar refractivity (Wildman–Crippen MR) is 106 cm³/mol. The molecule has 1 heterocycles. The number of aryl methyl sites for hydroxylation is 1. The molecule has 0 unspecified atom stereocenters. The van der Waals surface area contributed by atoms with E-state index in [1.165, 1.54) is 18.2 Å². The highest BCUT2D eigenvalue weighted by Crippen LogP contribution is 2.36. The summed E-state index contributed by atoms with van der Waals surface area (Å²) in [6.45, 7) is 9.51. The molecule has 2 aromatic rings. The molecule has 0 aromatic heterocycles. The normalized spacial score (nSPS) is 18.5. The van der Waals surface area contributed by atoms with Gasteiger partial charge in [0.2, 0.25) is 0 Å². The topological polar surface area (TPSA) is 84.9 Å². The van der Waals surface area contributed by atoms with Crippen LogP contribution in [0.2, 0.25) is 0 Å². The van der Waals surface area contributed by atoms with Crippen LogP contribution < -0.4 is 10.2 Å². The van der Waals surface area contributed by atoms with Crippen molar-refractivity contribution in [3.63, 3.8) is 0 Å². The molecule has 2 N–H and O–H groups in total. The minimum absolute atomic E-state index is 0.0525. The van der Waals surface area contributed by atoms with Crippen LogP contribution in [0.25, 0.3) is 0 Å². The number of benzene rings is 2. The quantitative estimate of drug-likeness (QED) is 0.786. The molecular weight excluding hydrogens is 365 g/mol. The Kier molecular flexibility index (Phi) is 4.78. The molecule has 1 saturated heterocycles. The highest BCUT2D eigenvalue weighted by Gasteiger charge is 2.51. The molecule has 1 fully saturated rings. The average molecular weight is 389 g/mol. The average Bonchev–Trinajstić information content (AvgIpc) is 2.78. The molecule has 0 amide bonds. The molecule has 0 spiro atoms. The van der Waals surface area contributed by atoms with E-state index in [2.05, 4.69) is 4.72 Å². The van der Waals surface area contributed by atoms with Gasteiger partial charge in [0.15, 0.2) is 0 Å². The van der Waals surface area contributed by atoms with Crippen LogP contribution in [0.15, 0.2) is 47.4 Å². The number of aromatic hydroxyl groups is 1. The van der Waals surface area contributed by atoms with Crippen molar-refractivity contribution in [2.45, 2.75) is 50.7 Å². The van der Waals surface area contributed by atoms with E-state index in [0.717, 1.165) is 5.46 Å². The van der Waals surface area contributed by atoms with Crippen LogP contribution >= 0.6 is 0 Å². The third kappa shape index (κ3) is 3.83. The van der Waals surface area contributed by atoms with Crippen molar-refractivity contribution in [1.29, 1.82) is 0 Å². The number of hydrogen-bond acceptors (Lipinski definition) is 5. The van der Waals surface area contributed by atoms with Crippen LogP contribution in [0.4, 0.5) is 5.69 Å². The fourth-order valence-electron chi connectivity index (χ4n) is 2.74. The van der Waals surface area contributed by atoms with Gasteiger partial charge >= 0.3 is 7.12 Å². The van der Waals surface area contributed by atoms with Crippen molar-refractivity contribution >= 4 is 28.3 Å². The van der Waals surface area contributed by atoms with E-state index in [1.54, 1.807) is 25.1 Å². The molecule has 0 atom stereocenters. The van der Waals surface area contributed by atoms with Crippen molar-refractivity contribution in [3.05, 3.63) is 48.0 Å². The molecule has 0 radical (unpaired) electrons. The summed E-state index contributed by atoms with van der Waals surface area (Å²) in [6, 6.07) is 11.1. The number of sulfonamides is 1. The standard InChI is InChI=1S/C19H24BNO5S/c1-13-11-16(9-10-17(13)22)27(23,24)21-15-8-6-7-14(12-15)20-25-18(2,3)19(4,5)26-20/h6-12,21-22H,1-5H3. The number of nitrogens with one attached hydrogen (secondary N) is 1. The Balaban J connectivity index is 1.85. The maximum atomic E-state index is 12.6. The second kappa shape index (κ2) is 6.54. The summed E-state index contributed by atoms with van der Waals surface area (Å²) in [7, 11) is -4.36. The summed E-state index contributed by atoms with van der Waals surface area (Å²) >= 11 is 0. The highest BCUT2D eigenvalue weighted by atomic mass is 32.2. The molecule has 1 aliphatic rings. The Morgan fingerprint density at radius 3 is 2.22 bits per heavy atom. The lowest BCUT2D eigenvalue weighted by atomic mass is 9.79. The number of hydrogen-bond donors (Lipinski definition) is 2. The van der Waals surface area contributed by atoms with Crippen LogP contribution in [0, 0.1) is 6.92 Å². The molecule has 8 heteroatoms. The van der Waals surface area contributed by atoms with Crippen molar-refractivity contribution in [3.8, 4) is 5.75 Å². The number of anilines is 1. The maximum absolute atomic E-state index is 12.6. The summed E-state index contributed by atoms with van der Waals surface area (Å²) in [4.78, 5) is 0.0823. The predicted octanol–water partition coefficient (Wildman–Crippen LogP) is 2.80. The van der Waals surface area contributed by atoms with E-state index in [9.17, 15) is 13.5 Å². The Bertz CT molecular complexity index is 956. The van der Waals surface area contributed by atoms with E-state index < -0.39 is 28.3 Å². The Labute approximate surface area is 160 Å². The molecule has 0 aliphatic carbocycles. The van der Waals surface area contributed by atoms with Gasteiger partial charge in [0.25, 0.3) is 10.0 Å². The van der Waals surface area contributed by atoms with Crippen LogP contribution in [0.1, 0.15) is 33.3 Å². The summed E-state index contributed by atoms with van der Waals surface area (Å²) in [5, 5.41) is 9.60. The third-order valence-electron chi connectivity index (χ3n) is 5.14. The van der Waals surface area contributed by atoms with Crippen molar-refractivity contribution in [2.24, 2.45) is 0 Å². The SMILES string of the molecule is Cc1cc(S(=O)(=O)Nc2cccc(B3OC(C)(C)C(C)(C)O3)c2)ccc1O. The van der Waals surface area contributed by atoms with Gasteiger partial charge in [-0.05, 0) is 76.0 Å². The van der Waals surface area contributed by atoms with E-state index in [1.807, 2.05) is 33.8 Å². The summed E-state index contributed by atoms with van der Waals surface area (Å²) in [5.74, 6) is 0.0525. The highest BCUT2D eigenvalue weighted by molar-refractivity contribution is 7.92. The first-order valence-electron chi connectivity index (χ1n) is 8.69. The molecule has 6 nitrogen and oxygen atoms in total. The minimum atomic E-state index is -3.78. The fraction of sp³-hybridized carbons (Fsp3) is 0.368. The van der Waals surface area contributed by atoms with Crippen LogP contribution in [0.5, 0.6) is 5.75 Å². The first-order chi connectivity index (χ1) is 12.4. The Morgan fingerprint density at radius 2 is 1.63 bits per heavy atom. The molecule has 27 heavy (non-hydrogen) atoms. The van der Waals surface area contributed by atoms with Gasteiger partial charge in [-0.25, -0.2) is 8.42 Å². The van der Waals surface area contributed by atoms with Gasteiger partial charge in [0.1, 0.15) is 5.75 Å². The van der Waals surface area contributed by atoms with Crippen LogP contribution in [0.3, 0.4) is 0 Å². The zero-order valence-corrected chi connectivity index (χ0v) is 16.9. The van der Waals surface area contributed by atoms with E-state index >= 15 is 0 Å². The summed E-state index contributed by atoms with van der Waals surface area (Å²) in [5.41, 5.74) is 0.681. The molecular formula is C19H24BNO5S. The Morgan fingerprint density at radius 1 is 1.00 bits per heavy atom. The first-order valence-corrected chi connectivity index (χ1v) is 10.2. The van der Waals surface area contributed by atoms with E-state index in [-0.39, 0.29) is 10.6 Å². The van der Waals surface area contributed by atoms with Gasteiger partial charge in [0.05, 0.1) is 16.1 Å². The Hall–Kier alpha value is -2.03. The minimum Gasteiger partial charge on any atom is -0.508 e. The molecule has 0 saturated carbocycles. The van der Waals surface area contributed by atoms with E-state index in [4.69, 9.17) is 9.31 Å². The van der Waals surface area contributed by atoms with Gasteiger partial charge in [0, 0.05) is 5.69 Å². The second-order valence-corrected chi connectivity index (χ2v) is 9.45. The lowest BCUT2D eigenvalue weighted by molar-refractivity contribution is 0.00578. The summed E-state index contributed by atoms with van der Waals surface area (Å²) < 4.78 is 39.9. The van der Waals surface area contributed by atoms with Crippen LogP contribution in [-0.2, 0) is 19.3 Å². The zero-order valence-electron chi connectivity index (χ0n) is 16.1. The lowest BCUT2D eigenvalue weighted by Gasteiger charge is -2.32. The monoisotopic (exact) mass is 389 g/mol. The van der Waals surface area contributed by atoms with Gasteiger partial charge in [-0.15, -0.1) is 0 Å². The van der Waals surface area contributed by atoms with Crippen molar-refractivity contribution < 1.29 is 22.8 Å². The van der Waals surface area contributed by atoms with Crippen molar-refractivity contribution in [2.75, 3.05) is 4.72 Å². The number of phenolic OH excluding ortho intramolecular Hbond substituents is 1. The van der Waals surface area contributed by atoms with E-state index in [0.29, 0.717) is 11.3 Å². The van der Waals surface area contributed by atoms with Crippen LogP contribution in [-0.4, -0.2) is 31.8 Å². The second-order valence-electron chi connectivity index (χ2n) is 7.77.